The molecule has 94 valence electrons. The second-order valence-corrected chi connectivity index (χ2v) is 4.63. The molecule has 1 aromatic carbocycles. The molecule has 0 bridgehead atoms. The van der Waals surface area contributed by atoms with Gasteiger partial charge in [-0.3, -0.25) is 9.48 Å². The van der Waals surface area contributed by atoms with E-state index in [1.165, 1.54) is 16.8 Å². The minimum absolute atomic E-state index is 0.259. The first-order valence-electron chi connectivity index (χ1n) is 5.33. The number of hydrogen-bond acceptors (Lipinski definition) is 2. The number of benzene rings is 1. The monoisotopic (exact) mass is 311 g/mol. The van der Waals surface area contributed by atoms with E-state index in [0.29, 0.717) is 10.2 Å². The van der Waals surface area contributed by atoms with E-state index >= 15 is 0 Å². The first-order chi connectivity index (χ1) is 8.58. The highest BCUT2D eigenvalue weighted by molar-refractivity contribution is 9.10. The Labute approximate surface area is 112 Å². The maximum Gasteiger partial charge on any atom is 0.248 e. The Morgan fingerprint density at radius 1 is 1.56 bits per heavy atom. The predicted octanol–water partition coefficient (Wildman–Crippen LogP) is 2.98. The van der Waals surface area contributed by atoms with E-state index in [2.05, 4.69) is 26.3 Å². The zero-order valence-electron chi connectivity index (χ0n) is 9.60. The van der Waals surface area contributed by atoms with Crippen LogP contribution in [0, 0.1) is 5.82 Å². The molecular weight excluding hydrogens is 301 g/mol. The van der Waals surface area contributed by atoms with Gasteiger partial charge in [-0.15, -0.1) is 0 Å². The molecule has 1 N–H and O–H groups in total. The van der Waals surface area contributed by atoms with Gasteiger partial charge in [0.15, 0.2) is 0 Å². The summed E-state index contributed by atoms with van der Waals surface area (Å²) in [6.45, 7) is 1.72. The van der Waals surface area contributed by atoms with Crippen LogP contribution in [0.2, 0.25) is 0 Å². The Balaban J connectivity index is 2.14. The Bertz CT molecular complexity index is 556. The average Bonchev–Trinajstić information content (AvgIpc) is 2.86. The molecule has 1 atom stereocenters. The van der Waals surface area contributed by atoms with Crippen LogP contribution in [0.15, 0.2) is 41.1 Å². The molecule has 0 aliphatic heterocycles. The van der Waals surface area contributed by atoms with E-state index in [-0.39, 0.29) is 5.91 Å². The van der Waals surface area contributed by atoms with Crippen molar-refractivity contribution in [3.8, 4) is 0 Å². The Morgan fingerprint density at radius 2 is 2.33 bits per heavy atom. The lowest BCUT2D eigenvalue weighted by atomic mass is 10.2. The molecule has 0 aliphatic carbocycles. The largest absolute Gasteiger partial charge is 0.323 e. The highest BCUT2D eigenvalue weighted by Gasteiger charge is 2.16. The van der Waals surface area contributed by atoms with Crippen LogP contribution < -0.4 is 5.32 Å². The Kier molecular flexibility index (Phi) is 3.76. The third-order valence-electron chi connectivity index (χ3n) is 2.49. The first kappa shape index (κ1) is 12.8. The number of aromatic nitrogens is 2. The standard InChI is InChI=1S/C12H11BrFN3O/c1-8(17-6-2-5-15-17)12(18)16-11-7-9(14)3-4-10(11)13/h2-8H,1H3,(H,16,18). The fourth-order valence-electron chi connectivity index (χ4n) is 1.46. The summed E-state index contributed by atoms with van der Waals surface area (Å²) < 4.78 is 15.2. The molecule has 1 amide bonds. The highest BCUT2D eigenvalue weighted by atomic mass is 79.9. The molecule has 0 spiro atoms. The number of anilines is 1. The average molecular weight is 312 g/mol. The van der Waals surface area contributed by atoms with Gasteiger partial charge in [-0.1, -0.05) is 0 Å². The van der Waals surface area contributed by atoms with Crippen LogP contribution in [0.3, 0.4) is 0 Å². The van der Waals surface area contributed by atoms with Crippen LogP contribution in [0.1, 0.15) is 13.0 Å². The van der Waals surface area contributed by atoms with Crippen LogP contribution in [-0.2, 0) is 4.79 Å². The molecule has 2 rings (SSSR count). The topological polar surface area (TPSA) is 46.9 Å². The van der Waals surface area contributed by atoms with E-state index in [1.54, 1.807) is 31.5 Å². The lowest BCUT2D eigenvalue weighted by Gasteiger charge is -2.13. The van der Waals surface area contributed by atoms with Gasteiger partial charge in [0.25, 0.3) is 0 Å². The van der Waals surface area contributed by atoms with Gasteiger partial charge in [-0.2, -0.15) is 5.10 Å². The summed E-state index contributed by atoms with van der Waals surface area (Å²) in [4.78, 5) is 12.0. The van der Waals surface area contributed by atoms with Gasteiger partial charge in [0.05, 0.1) is 5.69 Å². The van der Waals surface area contributed by atoms with Crippen molar-refractivity contribution in [3.63, 3.8) is 0 Å². The fraction of sp³-hybridized carbons (Fsp3) is 0.167. The summed E-state index contributed by atoms with van der Waals surface area (Å²) in [5.41, 5.74) is 0.402. The third kappa shape index (κ3) is 2.76. The normalized spacial score (nSPS) is 12.2. The van der Waals surface area contributed by atoms with Gasteiger partial charge in [-0.05, 0) is 47.1 Å². The van der Waals surface area contributed by atoms with Gasteiger partial charge in [0, 0.05) is 16.9 Å². The number of rotatable bonds is 3. The molecule has 4 nitrogen and oxygen atoms in total. The van der Waals surface area contributed by atoms with Crippen LogP contribution in [0.25, 0.3) is 0 Å². The molecular formula is C12H11BrFN3O. The van der Waals surface area contributed by atoms with Gasteiger partial charge in [-0.25, -0.2) is 4.39 Å². The van der Waals surface area contributed by atoms with Crippen molar-refractivity contribution in [2.75, 3.05) is 5.32 Å². The third-order valence-corrected chi connectivity index (χ3v) is 3.18. The number of nitrogens with one attached hydrogen (secondary N) is 1. The Hall–Kier alpha value is -1.69. The number of halogens is 2. The number of nitrogens with zero attached hydrogens (tertiary/aromatic N) is 2. The van der Waals surface area contributed by atoms with Gasteiger partial charge in [0.1, 0.15) is 11.9 Å². The van der Waals surface area contributed by atoms with Crippen molar-refractivity contribution in [2.24, 2.45) is 0 Å². The molecule has 2 aromatic rings. The van der Waals surface area contributed by atoms with E-state index in [0.717, 1.165) is 0 Å². The number of amides is 1. The zero-order valence-corrected chi connectivity index (χ0v) is 11.2. The molecule has 0 aliphatic rings. The van der Waals surface area contributed by atoms with Crippen molar-refractivity contribution in [1.82, 2.24) is 9.78 Å². The second kappa shape index (κ2) is 5.30. The fourth-order valence-corrected chi connectivity index (χ4v) is 1.81. The SMILES string of the molecule is CC(C(=O)Nc1cc(F)ccc1Br)n1cccn1. The van der Waals surface area contributed by atoms with E-state index in [4.69, 9.17) is 0 Å². The van der Waals surface area contributed by atoms with Crippen molar-refractivity contribution >= 4 is 27.5 Å². The summed E-state index contributed by atoms with van der Waals surface area (Å²) >= 11 is 3.25. The van der Waals surface area contributed by atoms with Gasteiger partial charge < -0.3 is 5.32 Å². The lowest BCUT2D eigenvalue weighted by molar-refractivity contribution is -0.119. The maximum atomic E-state index is 13.1. The smallest absolute Gasteiger partial charge is 0.248 e. The Morgan fingerprint density at radius 3 is 3.00 bits per heavy atom. The quantitative estimate of drug-likeness (QED) is 0.947. The van der Waals surface area contributed by atoms with E-state index < -0.39 is 11.9 Å². The molecule has 18 heavy (non-hydrogen) atoms. The van der Waals surface area contributed by atoms with Crippen molar-refractivity contribution in [1.29, 1.82) is 0 Å². The maximum absolute atomic E-state index is 13.1. The summed E-state index contributed by atoms with van der Waals surface area (Å²) in [6, 6.07) is 5.40. The molecule has 0 fully saturated rings. The predicted molar refractivity (Wildman–Crippen MR) is 69.7 cm³/mol. The number of hydrogen-bond donors (Lipinski definition) is 1. The molecule has 1 heterocycles. The van der Waals surface area contributed by atoms with E-state index in [1.807, 2.05) is 0 Å². The van der Waals surface area contributed by atoms with Crippen LogP contribution >= 0.6 is 15.9 Å². The minimum Gasteiger partial charge on any atom is -0.323 e. The number of carbonyl (C=O) groups excluding carboxylic acids is 1. The van der Waals surface area contributed by atoms with Crippen molar-refractivity contribution in [3.05, 3.63) is 46.9 Å². The summed E-state index contributed by atoms with van der Waals surface area (Å²) in [5.74, 6) is -0.662. The molecule has 6 heteroatoms. The molecule has 1 unspecified atom stereocenters. The molecule has 0 saturated carbocycles. The summed E-state index contributed by atoms with van der Waals surface area (Å²) in [6.07, 6.45) is 3.30. The lowest BCUT2D eigenvalue weighted by Crippen LogP contribution is -2.24. The van der Waals surface area contributed by atoms with Gasteiger partial charge >= 0.3 is 0 Å². The highest BCUT2D eigenvalue weighted by Crippen LogP contribution is 2.23. The van der Waals surface area contributed by atoms with E-state index in [9.17, 15) is 9.18 Å². The molecule has 0 saturated heterocycles. The number of carbonyl (C=O) groups is 1. The molecule has 1 aromatic heterocycles. The minimum atomic E-state index is -0.463. The molecule has 0 radical (unpaired) electrons. The first-order valence-corrected chi connectivity index (χ1v) is 6.12. The summed E-state index contributed by atoms with van der Waals surface area (Å²) in [5, 5.41) is 6.64. The van der Waals surface area contributed by atoms with Crippen LogP contribution in [0.5, 0.6) is 0 Å². The second-order valence-electron chi connectivity index (χ2n) is 3.78. The van der Waals surface area contributed by atoms with Crippen molar-refractivity contribution < 1.29 is 9.18 Å². The van der Waals surface area contributed by atoms with Gasteiger partial charge in [0.2, 0.25) is 5.91 Å². The van der Waals surface area contributed by atoms with Crippen LogP contribution in [0.4, 0.5) is 10.1 Å². The summed E-state index contributed by atoms with van der Waals surface area (Å²) in [7, 11) is 0. The zero-order chi connectivity index (χ0) is 13.1. The van der Waals surface area contributed by atoms with Crippen molar-refractivity contribution in [2.45, 2.75) is 13.0 Å². The van der Waals surface area contributed by atoms with Crippen LogP contribution in [-0.4, -0.2) is 15.7 Å².